The van der Waals surface area contributed by atoms with Crippen LogP contribution >= 0.6 is 0 Å². The van der Waals surface area contributed by atoms with Gasteiger partial charge >= 0.3 is 0 Å². The second-order valence-corrected chi connectivity index (χ2v) is 11.0. The molecule has 2 fully saturated rings. The molecule has 0 unspecified atom stereocenters. The number of anilines is 1. The number of carbonyl (C=O) groups excluding carboxylic acids is 1. The van der Waals surface area contributed by atoms with Crippen LogP contribution in [0.4, 0.5) is 5.69 Å². The van der Waals surface area contributed by atoms with E-state index in [2.05, 4.69) is 10.0 Å². The van der Waals surface area contributed by atoms with Crippen molar-refractivity contribution in [1.82, 2.24) is 5.32 Å². The number of rotatable bonds is 9. The summed E-state index contributed by atoms with van der Waals surface area (Å²) in [5, 5.41) is 3.22. The molecule has 1 amide bonds. The highest BCUT2D eigenvalue weighted by atomic mass is 32.2. The van der Waals surface area contributed by atoms with Crippen molar-refractivity contribution in [2.75, 3.05) is 25.5 Å². The van der Waals surface area contributed by atoms with E-state index in [9.17, 15) is 13.2 Å². The summed E-state index contributed by atoms with van der Waals surface area (Å²) >= 11 is 0. The fraction of sp³-hybridized carbons (Fsp3) is 0.500. The first-order valence-electron chi connectivity index (χ1n) is 12.0. The molecule has 2 aliphatic rings. The fourth-order valence-corrected chi connectivity index (χ4v) is 6.10. The first kappa shape index (κ1) is 24.4. The molecule has 2 aromatic rings. The lowest BCUT2D eigenvalue weighted by atomic mass is 9.63. The Balaban J connectivity index is 1.45. The van der Waals surface area contributed by atoms with Gasteiger partial charge in [0.15, 0.2) is 11.5 Å². The van der Waals surface area contributed by atoms with Gasteiger partial charge in [-0.25, -0.2) is 8.42 Å². The van der Waals surface area contributed by atoms with Gasteiger partial charge in [0.2, 0.25) is 5.91 Å². The molecule has 34 heavy (non-hydrogen) atoms. The molecule has 7 nitrogen and oxygen atoms in total. The number of sulfonamides is 1. The number of amides is 1. The average Bonchev–Trinajstić information content (AvgIpc) is 2.83. The molecule has 2 N–H and O–H groups in total. The topological polar surface area (TPSA) is 93.7 Å². The van der Waals surface area contributed by atoms with Crippen molar-refractivity contribution >= 4 is 21.6 Å². The van der Waals surface area contributed by atoms with Crippen LogP contribution in [-0.2, 0) is 20.2 Å². The third-order valence-electron chi connectivity index (χ3n) is 7.27. The minimum atomic E-state index is -3.81. The van der Waals surface area contributed by atoms with Gasteiger partial charge in [-0.05, 0) is 61.4 Å². The Morgan fingerprint density at radius 1 is 0.941 bits per heavy atom. The summed E-state index contributed by atoms with van der Waals surface area (Å²) in [7, 11) is -0.856. The Morgan fingerprint density at radius 2 is 1.62 bits per heavy atom. The molecule has 0 radical (unpaired) electrons. The molecule has 0 spiro atoms. The van der Waals surface area contributed by atoms with Gasteiger partial charge < -0.3 is 14.8 Å². The van der Waals surface area contributed by atoms with Gasteiger partial charge in [0.05, 0.1) is 24.5 Å². The summed E-state index contributed by atoms with van der Waals surface area (Å²) < 4.78 is 38.8. The number of ether oxygens (including phenoxy) is 2. The van der Waals surface area contributed by atoms with Gasteiger partial charge in [-0.1, -0.05) is 37.8 Å². The summed E-state index contributed by atoms with van der Waals surface area (Å²) in [6.07, 6.45) is 8.87. The summed E-state index contributed by atoms with van der Waals surface area (Å²) in [5.41, 5.74) is 0.875. The van der Waals surface area contributed by atoms with E-state index in [1.807, 2.05) is 12.1 Å². The highest BCUT2D eigenvalue weighted by Gasteiger charge is 2.45. The van der Waals surface area contributed by atoms with Crippen LogP contribution in [0.3, 0.4) is 0 Å². The van der Waals surface area contributed by atoms with Crippen LogP contribution in [-0.4, -0.2) is 35.1 Å². The molecular weight excluding hydrogens is 452 g/mol. The largest absolute Gasteiger partial charge is 0.493 e. The zero-order valence-electron chi connectivity index (χ0n) is 19.9. The fourth-order valence-electron chi connectivity index (χ4n) is 5.03. The second kappa shape index (κ2) is 10.3. The van der Waals surface area contributed by atoms with Crippen LogP contribution < -0.4 is 19.5 Å². The lowest BCUT2D eigenvalue weighted by molar-refractivity contribution is -0.130. The smallest absolute Gasteiger partial charge is 0.262 e. The third kappa shape index (κ3) is 5.02. The lowest BCUT2D eigenvalue weighted by Gasteiger charge is -2.41. The minimum Gasteiger partial charge on any atom is -0.493 e. The first-order valence-corrected chi connectivity index (χ1v) is 13.5. The molecule has 0 saturated heterocycles. The number of nitrogens with one attached hydrogen (secondary N) is 2. The van der Waals surface area contributed by atoms with Crippen molar-refractivity contribution in [3.8, 4) is 11.5 Å². The Bertz CT molecular complexity index is 1100. The maximum atomic E-state index is 13.2. The number of hydrogen-bond acceptors (Lipinski definition) is 5. The highest BCUT2D eigenvalue weighted by Crippen LogP contribution is 2.44. The Kier molecular flexibility index (Phi) is 7.36. The Morgan fingerprint density at radius 3 is 2.21 bits per heavy atom. The zero-order chi connectivity index (χ0) is 24.2. The summed E-state index contributed by atoms with van der Waals surface area (Å²) in [6, 6.07) is 11.6. The minimum absolute atomic E-state index is 0.0757. The molecule has 0 aromatic heterocycles. The quantitative estimate of drug-likeness (QED) is 0.539. The highest BCUT2D eigenvalue weighted by molar-refractivity contribution is 7.92. The molecule has 8 heteroatoms. The summed E-state index contributed by atoms with van der Waals surface area (Å²) in [5.74, 6) is 1.48. The average molecular weight is 487 g/mol. The van der Waals surface area contributed by atoms with E-state index >= 15 is 0 Å². The molecule has 2 saturated carbocycles. The van der Waals surface area contributed by atoms with Crippen LogP contribution in [0.5, 0.6) is 11.5 Å². The van der Waals surface area contributed by atoms with Gasteiger partial charge in [-0.2, -0.15) is 0 Å². The van der Waals surface area contributed by atoms with Crippen molar-refractivity contribution in [2.24, 2.45) is 5.92 Å². The van der Waals surface area contributed by atoms with Gasteiger partial charge in [-0.3, -0.25) is 9.52 Å². The lowest BCUT2D eigenvalue weighted by Crippen LogP contribution is -2.50. The maximum absolute atomic E-state index is 13.2. The monoisotopic (exact) mass is 486 g/mol. The number of methoxy groups -OCH3 is 2. The molecule has 184 valence electrons. The van der Waals surface area contributed by atoms with Gasteiger partial charge in [-0.15, -0.1) is 0 Å². The summed E-state index contributed by atoms with van der Waals surface area (Å²) in [6.45, 7) is 0.754. The second-order valence-electron chi connectivity index (χ2n) is 9.35. The van der Waals surface area contributed by atoms with Crippen molar-refractivity contribution in [2.45, 2.75) is 61.7 Å². The number of benzene rings is 2. The van der Waals surface area contributed by atoms with Crippen LogP contribution in [0.15, 0.2) is 47.4 Å². The summed E-state index contributed by atoms with van der Waals surface area (Å²) in [4.78, 5) is 13.2. The molecule has 0 bridgehead atoms. The van der Waals surface area contributed by atoms with Gasteiger partial charge in [0.25, 0.3) is 10.0 Å². The van der Waals surface area contributed by atoms with Crippen molar-refractivity contribution in [3.05, 3.63) is 48.0 Å². The van der Waals surface area contributed by atoms with E-state index in [0.717, 1.165) is 31.4 Å². The standard InChI is InChI=1S/C26H34N2O5S/c1-32-23-14-13-22(17-24(23)33-2)34(30,31)28-21-11-9-20(10-12-21)26(15-6-16-26)25(29)27-18-19-7-4-3-5-8-19/h9-14,17,19,28H,3-8,15-16,18H2,1-2H3,(H,27,29). The maximum Gasteiger partial charge on any atom is 0.262 e. The number of carbonyl (C=O) groups is 1. The molecular formula is C26H34N2O5S. The van der Waals surface area contributed by atoms with Crippen molar-refractivity contribution in [3.63, 3.8) is 0 Å². The van der Waals surface area contributed by atoms with E-state index in [1.165, 1.54) is 58.5 Å². The molecule has 2 aromatic carbocycles. The van der Waals surface area contributed by atoms with Crippen LogP contribution in [0.1, 0.15) is 56.9 Å². The predicted molar refractivity (Wildman–Crippen MR) is 132 cm³/mol. The first-order chi connectivity index (χ1) is 16.4. The number of hydrogen-bond donors (Lipinski definition) is 2. The predicted octanol–water partition coefficient (Wildman–Crippen LogP) is 4.62. The molecule has 0 heterocycles. The van der Waals surface area contributed by atoms with Gasteiger partial charge in [0, 0.05) is 18.3 Å². The normalized spacial score (nSPS) is 17.9. The zero-order valence-corrected chi connectivity index (χ0v) is 20.7. The van der Waals surface area contributed by atoms with E-state index in [4.69, 9.17) is 9.47 Å². The molecule has 0 atom stereocenters. The Hall–Kier alpha value is -2.74. The van der Waals surface area contributed by atoms with Crippen LogP contribution in [0.2, 0.25) is 0 Å². The molecule has 4 rings (SSSR count). The van der Waals surface area contributed by atoms with Crippen molar-refractivity contribution in [1.29, 1.82) is 0 Å². The molecule has 0 aliphatic heterocycles. The van der Waals surface area contributed by atoms with Gasteiger partial charge in [0.1, 0.15) is 0 Å². The van der Waals surface area contributed by atoms with Crippen LogP contribution in [0.25, 0.3) is 0 Å². The SMILES string of the molecule is COc1ccc(S(=O)(=O)Nc2ccc(C3(C(=O)NCC4CCCCC4)CCC3)cc2)cc1OC. The van der Waals surface area contributed by atoms with E-state index in [0.29, 0.717) is 23.1 Å². The van der Waals surface area contributed by atoms with E-state index < -0.39 is 15.4 Å². The molecule has 2 aliphatic carbocycles. The van der Waals surface area contributed by atoms with Crippen LogP contribution in [0, 0.1) is 5.92 Å². The van der Waals surface area contributed by atoms with E-state index in [1.54, 1.807) is 18.2 Å². The van der Waals surface area contributed by atoms with Crippen molar-refractivity contribution < 1.29 is 22.7 Å². The Labute approximate surface area is 202 Å². The third-order valence-corrected chi connectivity index (χ3v) is 8.65. The van der Waals surface area contributed by atoms with E-state index in [-0.39, 0.29) is 10.8 Å².